The predicted octanol–water partition coefficient (Wildman–Crippen LogP) is 2.63. The zero-order chi connectivity index (χ0) is 17.4. The third-order valence-corrected chi connectivity index (χ3v) is 4.02. The first-order valence-corrected chi connectivity index (χ1v) is 8.08. The summed E-state index contributed by atoms with van der Waals surface area (Å²) in [5.41, 5.74) is 1.66. The van der Waals surface area contributed by atoms with Crippen LogP contribution in [0.1, 0.15) is 52.3 Å². The highest BCUT2D eigenvalue weighted by atomic mass is 16.5. The van der Waals surface area contributed by atoms with Crippen molar-refractivity contribution in [3.63, 3.8) is 0 Å². The third-order valence-electron chi connectivity index (χ3n) is 4.02. The molecule has 0 unspecified atom stereocenters. The summed E-state index contributed by atoms with van der Waals surface area (Å²) in [6.45, 7) is 2.02. The number of amides is 1. The molecule has 0 saturated heterocycles. The molecule has 0 spiro atoms. The number of aromatic nitrogens is 3. The number of nitrogens with zero attached hydrogens (tertiary/aromatic N) is 3. The molecule has 1 saturated carbocycles. The van der Waals surface area contributed by atoms with E-state index in [4.69, 9.17) is 9.26 Å². The summed E-state index contributed by atoms with van der Waals surface area (Å²) in [5.74, 6) is 0.328. The maximum atomic E-state index is 12.3. The molecule has 1 N–H and O–H groups in total. The lowest BCUT2D eigenvalue weighted by molar-refractivity contribution is 0.0528. The van der Waals surface area contributed by atoms with Crippen LogP contribution in [0.2, 0.25) is 0 Å². The zero-order valence-corrected chi connectivity index (χ0v) is 13.6. The van der Waals surface area contributed by atoms with Crippen molar-refractivity contribution in [1.82, 2.24) is 14.8 Å². The van der Waals surface area contributed by atoms with Crippen LogP contribution in [0.5, 0.6) is 0 Å². The van der Waals surface area contributed by atoms with Crippen molar-refractivity contribution in [1.29, 1.82) is 0 Å². The van der Waals surface area contributed by atoms with Crippen LogP contribution >= 0.6 is 0 Å². The average molecular weight is 340 g/mol. The minimum absolute atomic E-state index is 0.237. The number of ether oxygens (including phenoxy) is 1. The van der Waals surface area contributed by atoms with Gasteiger partial charge in [-0.05, 0) is 31.9 Å². The Morgan fingerprint density at radius 2 is 2.24 bits per heavy atom. The largest absolute Gasteiger partial charge is 0.462 e. The molecular formula is C17H16N4O4. The molecule has 1 aliphatic rings. The Bertz CT molecular complexity index is 955. The van der Waals surface area contributed by atoms with Gasteiger partial charge in [0.15, 0.2) is 5.69 Å². The Morgan fingerprint density at radius 3 is 3.00 bits per heavy atom. The van der Waals surface area contributed by atoms with Crippen molar-refractivity contribution < 1.29 is 18.8 Å². The fraction of sp³-hybridized carbons (Fsp3) is 0.294. The van der Waals surface area contributed by atoms with E-state index in [1.165, 1.54) is 6.20 Å². The van der Waals surface area contributed by atoms with Crippen LogP contribution in [0.25, 0.3) is 5.52 Å². The van der Waals surface area contributed by atoms with Gasteiger partial charge < -0.3 is 14.6 Å². The van der Waals surface area contributed by atoms with Gasteiger partial charge in [0.25, 0.3) is 5.91 Å². The van der Waals surface area contributed by atoms with Gasteiger partial charge in [0.1, 0.15) is 11.3 Å². The number of esters is 1. The van der Waals surface area contributed by atoms with Crippen LogP contribution in [0, 0.1) is 0 Å². The number of nitrogens with one attached hydrogen (secondary N) is 1. The number of rotatable bonds is 5. The van der Waals surface area contributed by atoms with Gasteiger partial charge >= 0.3 is 5.97 Å². The number of carbonyl (C=O) groups excluding carboxylic acids is 2. The Kier molecular flexibility index (Phi) is 3.72. The standard InChI is InChI=1S/C17H16N4O4/c1-2-24-17(23)12-9-18-21-6-5-11(7-14(12)21)19-16(22)13-8-15(25-20-13)10-3-4-10/h5-10H,2-4H2,1H3,(H,19,22). The number of hydrogen-bond acceptors (Lipinski definition) is 6. The highest BCUT2D eigenvalue weighted by Gasteiger charge is 2.29. The zero-order valence-electron chi connectivity index (χ0n) is 13.6. The van der Waals surface area contributed by atoms with E-state index in [1.807, 2.05) is 0 Å². The molecule has 0 bridgehead atoms. The van der Waals surface area contributed by atoms with Crippen LogP contribution in [-0.2, 0) is 4.74 Å². The van der Waals surface area contributed by atoms with E-state index in [2.05, 4.69) is 15.6 Å². The number of fused-ring (bicyclic) bond motifs is 1. The molecule has 1 fully saturated rings. The van der Waals surface area contributed by atoms with Crippen molar-refractivity contribution in [2.75, 3.05) is 11.9 Å². The SMILES string of the molecule is CCOC(=O)c1cnn2ccc(NC(=O)c3cc(C4CC4)on3)cc12. The molecule has 3 aromatic rings. The van der Waals surface area contributed by atoms with Gasteiger partial charge in [-0.25, -0.2) is 9.31 Å². The van der Waals surface area contributed by atoms with Crippen LogP contribution < -0.4 is 5.32 Å². The first kappa shape index (κ1) is 15.4. The Balaban J connectivity index is 1.56. The highest BCUT2D eigenvalue weighted by Crippen LogP contribution is 2.40. The summed E-state index contributed by atoms with van der Waals surface area (Å²) in [5, 5.41) is 10.7. The summed E-state index contributed by atoms with van der Waals surface area (Å²) in [6.07, 6.45) is 5.25. The summed E-state index contributed by atoms with van der Waals surface area (Å²) in [4.78, 5) is 24.3. The van der Waals surface area contributed by atoms with E-state index in [-0.39, 0.29) is 18.2 Å². The highest BCUT2D eigenvalue weighted by molar-refractivity contribution is 6.04. The second-order valence-corrected chi connectivity index (χ2v) is 5.87. The first-order valence-electron chi connectivity index (χ1n) is 8.08. The summed E-state index contributed by atoms with van der Waals surface area (Å²) in [7, 11) is 0. The minimum Gasteiger partial charge on any atom is -0.462 e. The van der Waals surface area contributed by atoms with Crippen molar-refractivity contribution in [2.24, 2.45) is 0 Å². The second-order valence-electron chi connectivity index (χ2n) is 5.87. The Hall–Kier alpha value is -3.16. The molecule has 128 valence electrons. The van der Waals surface area contributed by atoms with Crippen molar-refractivity contribution in [2.45, 2.75) is 25.7 Å². The van der Waals surface area contributed by atoms with Gasteiger partial charge in [0.05, 0.1) is 18.3 Å². The molecule has 0 aromatic carbocycles. The third kappa shape index (κ3) is 2.98. The second kappa shape index (κ2) is 6.04. The van der Waals surface area contributed by atoms with Gasteiger partial charge in [-0.3, -0.25) is 4.79 Å². The van der Waals surface area contributed by atoms with E-state index >= 15 is 0 Å². The summed E-state index contributed by atoms with van der Waals surface area (Å²) >= 11 is 0. The maximum Gasteiger partial charge on any atom is 0.341 e. The molecule has 25 heavy (non-hydrogen) atoms. The number of anilines is 1. The first-order chi connectivity index (χ1) is 12.2. The molecular weight excluding hydrogens is 324 g/mol. The number of pyridine rings is 1. The van der Waals surface area contributed by atoms with Crippen LogP contribution in [0.4, 0.5) is 5.69 Å². The van der Waals surface area contributed by atoms with Gasteiger partial charge in [0, 0.05) is 23.9 Å². The fourth-order valence-electron chi connectivity index (χ4n) is 2.58. The molecule has 8 nitrogen and oxygen atoms in total. The van der Waals surface area contributed by atoms with E-state index in [1.54, 1.807) is 35.8 Å². The van der Waals surface area contributed by atoms with Crippen LogP contribution in [0.3, 0.4) is 0 Å². The monoisotopic (exact) mass is 340 g/mol. The number of carbonyl (C=O) groups is 2. The van der Waals surface area contributed by atoms with Crippen molar-refractivity contribution in [3.05, 3.63) is 47.6 Å². The van der Waals surface area contributed by atoms with E-state index < -0.39 is 5.97 Å². The molecule has 1 amide bonds. The smallest absolute Gasteiger partial charge is 0.341 e. The molecule has 3 heterocycles. The lowest BCUT2D eigenvalue weighted by Crippen LogP contribution is -2.12. The van der Waals surface area contributed by atoms with Gasteiger partial charge in [-0.2, -0.15) is 5.10 Å². The molecule has 8 heteroatoms. The topological polar surface area (TPSA) is 98.7 Å². The summed E-state index contributed by atoms with van der Waals surface area (Å²) in [6, 6.07) is 5.03. The molecule has 0 radical (unpaired) electrons. The molecule has 0 aliphatic heterocycles. The van der Waals surface area contributed by atoms with Gasteiger partial charge in [-0.15, -0.1) is 0 Å². The summed E-state index contributed by atoms with van der Waals surface area (Å²) < 4.78 is 11.8. The molecule has 4 rings (SSSR count). The lowest BCUT2D eigenvalue weighted by atomic mass is 10.2. The minimum atomic E-state index is -0.452. The molecule has 3 aromatic heterocycles. The fourth-order valence-corrected chi connectivity index (χ4v) is 2.58. The average Bonchev–Trinajstić information content (AvgIpc) is 3.18. The Morgan fingerprint density at radius 1 is 1.40 bits per heavy atom. The van der Waals surface area contributed by atoms with Crippen molar-refractivity contribution >= 4 is 23.1 Å². The van der Waals surface area contributed by atoms with E-state index in [0.717, 1.165) is 18.6 Å². The molecule has 1 aliphatic carbocycles. The normalized spacial score (nSPS) is 13.8. The van der Waals surface area contributed by atoms with E-state index in [9.17, 15) is 9.59 Å². The predicted molar refractivity (Wildman–Crippen MR) is 87.6 cm³/mol. The van der Waals surface area contributed by atoms with Crippen LogP contribution in [-0.4, -0.2) is 33.3 Å². The Labute approximate surface area is 142 Å². The molecule has 0 atom stereocenters. The van der Waals surface area contributed by atoms with Crippen molar-refractivity contribution in [3.8, 4) is 0 Å². The van der Waals surface area contributed by atoms with Gasteiger partial charge in [0.2, 0.25) is 0 Å². The van der Waals surface area contributed by atoms with E-state index in [0.29, 0.717) is 22.7 Å². The number of hydrogen-bond donors (Lipinski definition) is 1. The lowest BCUT2D eigenvalue weighted by Gasteiger charge is -2.04. The quantitative estimate of drug-likeness (QED) is 0.717. The van der Waals surface area contributed by atoms with Crippen LogP contribution in [0.15, 0.2) is 35.1 Å². The van der Waals surface area contributed by atoms with Gasteiger partial charge in [-0.1, -0.05) is 5.16 Å². The maximum absolute atomic E-state index is 12.3.